The highest BCUT2D eigenvalue weighted by Crippen LogP contribution is 2.32. The number of nitrogens with one attached hydrogen (secondary N) is 1. The molecule has 0 saturated heterocycles. The summed E-state index contributed by atoms with van der Waals surface area (Å²) in [5.41, 5.74) is 2.41. The lowest BCUT2D eigenvalue weighted by atomic mass is 9.82. The van der Waals surface area contributed by atoms with Gasteiger partial charge in [0.25, 0.3) is 0 Å². The Morgan fingerprint density at radius 1 is 1.42 bits per heavy atom. The van der Waals surface area contributed by atoms with E-state index in [0.717, 1.165) is 18.7 Å². The topological polar surface area (TPSA) is 45.0 Å². The third-order valence-corrected chi connectivity index (χ3v) is 3.45. The van der Waals surface area contributed by atoms with Gasteiger partial charge in [-0.2, -0.15) is 5.26 Å². The molecule has 0 fully saturated rings. The molecule has 0 saturated carbocycles. The molecule has 0 aliphatic heterocycles. The Hall–Kier alpha value is -1.53. The Kier molecular flexibility index (Phi) is 5.38. The highest BCUT2D eigenvalue weighted by molar-refractivity contribution is 5.42. The lowest BCUT2D eigenvalue weighted by molar-refractivity contribution is 0.383. The summed E-state index contributed by atoms with van der Waals surface area (Å²) in [4.78, 5) is 0. The Bertz CT molecular complexity index is 460. The van der Waals surface area contributed by atoms with Crippen molar-refractivity contribution in [3.05, 3.63) is 29.3 Å². The van der Waals surface area contributed by atoms with Crippen LogP contribution in [0.1, 0.15) is 38.8 Å². The Labute approximate surface area is 116 Å². The maximum atomic E-state index is 8.85. The van der Waals surface area contributed by atoms with Gasteiger partial charge in [0, 0.05) is 17.5 Å². The Balaban J connectivity index is 3.01. The molecule has 1 aromatic rings. The summed E-state index contributed by atoms with van der Waals surface area (Å²) < 4.78 is 5.47. The minimum Gasteiger partial charge on any atom is -0.496 e. The van der Waals surface area contributed by atoms with Crippen LogP contribution in [0.25, 0.3) is 0 Å². The predicted molar refractivity (Wildman–Crippen MR) is 78.5 cm³/mol. The zero-order valence-electron chi connectivity index (χ0n) is 12.6. The van der Waals surface area contributed by atoms with Crippen molar-refractivity contribution in [3.63, 3.8) is 0 Å². The normalized spacial score (nSPS) is 12.8. The minimum absolute atomic E-state index is 0.0817. The molecular weight excluding hydrogens is 236 g/mol. The number of benzene rings is 1. The van der Waals surface area contributed by atoms with Crippen LogP contribution in [0.5, 0.6) is 5.75 Å². The second-order valence-electron chi connectivity index (χ2n) is 5.50. The molecule has 104 valence electrons. The highest BCUT2D eigenvalue weighted by Gasteiger charge is 2.25. The molecule has 0 spiro atoms. The molecule has 1 aromatic carbocycles. The molecular formula is C16H24N2O. The molecule has 0 aliphatic rings. The van der Waals surface area contributed by atoms with Gasteiger partial charge in [-0.15, -0.1) is 0 Å². The Morgan fingerprint density at radius 3 is 2.63 bits per heavy atom. The van der Waals surface area contributed by atoms with Crippen molar-refractivity contribution in [2.24, 2.45) is 0 Å². The van der Waals surface area contributed by atoms with Crippen LogP contribution in [-0.2, 0) is 11.8 Å². The van der Waals surface area contributed by atoms with Crippen LogP contribution >= 0.6 is 0 Å². The maximum Gasteiger partial charge on any atom is 0.122 e. The van der Waals surface area contributed by atoms with Crippen LogP contribution in [0.2, 0.25) is 0 Å². The lowest BCUT2D eigenvalue weighted by Gasteiger charge is -2.28. The second kappa shape index (κ2) is 6.58. The summed E-state index contributed by atoms with van der Waals surface area (Å²) in [7, 11) is 1.70. The van der Waals surface area contributed by atoms with Gasteiger partial charge in [-0.3, -0.25) is 0 Å². The fourth-order valence-electron chi connectivity index (χ4n) is 2.05. The van der Waals surface area contributed by atoms with E-state index in [0.29, 0.717) is 0 Å². The largest absolute Gasteiger partial charge is 0.496 e. The van der Waals surface area contributed by atoms with Crippen LogP contribution in [0.4, 0.5) is 0 Å². The van der Waals surface area contributed by atoms with E-state index in [2.05, 4.69) is 44.3 Å². The van der Waals surface area contributed by atoms with Crippen LogP contribution < -0.4 is 10.1 Å². The van der Waals surface area contributed by atoms with E-state index in [1.807, 2.05) is 13.0 Å². The number of nitrogens with zero attached hydrogens (tertiary/aromatic N) is 1. The zero-order chi connectivity index (χ0) is 14.5. The van der Waals surface area contributed by atoms with Crippen molar-refractivity contribution in [2.75, 3.05) is 13.7 Å². The first kappa shape index (κ1) is 15.5. The quantitative estimate of drug-likeness (QED) is 0.855. The van der Waals surface area contributed by atoms with Gasteiger partial charge in [-0.25, -0.2) is 0 Å². The average Bonchev–Trinajstić information content (AvgIpc) is 2.43. The summed E-state index contributed by atoms with van der Waals surface area (Å²) in [6.45, 7) is 9.10. The fraction of sp³-hybridized carbons (Fsp3) is 0.562. The standard InChI is InChI=1S/C16H24N2O/c1-6-13-7-8-15(19-5)14(9-13)16(3,4)11-18-12(2)10-17/h7-9,12,18H,6,11H2,1-5H3. The second-order valence-corrected chi connectivity index (χ2v) is 5.50. The molecule has 3 heteroatoms. The van der Waals surface area contributed by atoms with Crippen molar-refractivity contribution >= 4 is 0 Å². The molecule has 19 heavy (non-hydrogen) atoms. The van der Waals surface area contributed by atoms with Crippen molar-refractivity contribution in [1.82, 2.24) is 5.32 Å². The molecule has 0 amide bonds. The predicted octanol–water partition coefficient (Wildman–Crippen LogP) is 3.04. The molecule has 1 N–H and O–H groups in total. The fourth-order valence-corrected chi connectivity index (χ4v) is 2.05. The van der Waals surface area contributed by atoms with Crippen molar-refractivity contribution < 1.29 is 4.74 Å². The summed E-state index contributed by atoms with van der Waals surface area (Å²) in [5.74, 6) is 0.911. The maximum absolute atomic E-state index is 8.85. The van der Waals surface area contributed by atoms with Gasteiger partial charge in [0.1, 0.15) is 5.75 Å². The molecule has 1 rings (SSSR count). The summed E-state index contributed by atoms with van der Waals surface area (Å²) in [5, 5.41) is 12.1. The van der Waals surface area contributed by atoms with E-state index in [9.17, 15) is 0 Å². The first-order chi connectivity index (χ1) is 8.94. The number of aryl methyl sites for hydroxylation is 1. The first-order valence-corrected chi connectivity index (χ1v) is 6.75. The molecule has 0 aromatic heterocycles. The molecule has 0 heterocycles. The number of rotatable bonds is 6. The summed E-state index contributed by atoms with van der Waals surface area (Å²) in [6, 6.07) is 8.40. The van der Waals surface area contributed by atoms with Crippen molar-refractivity contribution in [1.29, 1.82) is 5.26 Å². The zero-order valence-corrected chi connectivity index (χ0v) is 12.6. The van der Waals surface area contributed by atoms with Crippen LogP contribution in [0.15, 0.2) is 18.2 Å². The van der Waals surface area contributed by atoms with Gasteiger partial charge in [0.2, 0.25) is 0 Å². The van der Waals surface area contributed by atoms with E-state index < -0.39 is 0 Å². The summed E-state index contributed by atoms with van der Waals surface area (Å²) >= 11 is 0. The first-order valence-electron chi connectivity index (χ1n) is 6.75. The van der Waals surface area contributed by atoms with Gasteiger partial charge in [0.15, 0.2) is 0 Å². The SMILES string of the molecule is CCc1ccc(OC)c(C(C)(C)CNC(C)C#N)c1. The van der Waals surface area contributed by atoms with Gasteiger partial charge in [-0.1, -0.05) is 32.9 Å². The molecule has 1 atom stereocenters. The molecule has 3 nitrogen and oxygen atoms in total. The van der Waals surface area contributed by atoms with Gasteiger partial charge >= 0.3 is 0 Å². The van der Waals surface area contributed by atoms with Crippen molar-refractivity contribution in [3.8, 4) is 11.8 Å². The lowest BCUT2D eigenvalue weighted by Crippen LogP contribution is -2.37. The van der Waals surface area contributed by atoms with E-state index in [-0.39, 0.29) is 11.5 Å². The Morgan fingerprint density at radius 2 is 2.11 bits per heavy atom. The van der Waals surface area contributed by atoms with E-state index in [4.69, 9.17) is 10.00 Å². The number of ether oxygens (including phenoxy) is 1. The highest BCUT2D eigenvalue weighted by atomic mass is 16.5. The third-order valence-electron chi connectivity index (χ3n) is 3.45. The van der Waals surface area contributed by atoms with Gasteiger partial charge in [-0.05, 0) is 25.0 Å². The average molecular weight is 260 g/mol. The van der Waals surface area contributed by atoms with Gasteiger partial charge < -0.3 is 10.1 Å². The van der Waals surface area contributed by atoms with Gasteiger partial charge in [0.05, 0.1) is 19.2 Å². The number of methoxy groups -OCH3 is 1. The van der Waals surface area contributed by atoms with E-state index in [1.165, 1.54) is 11.1 Å². The third kappa shape index (κ3) is 3.97. The molecule has 0 bridgehead atoms. The van der Waals surface area contributed by atoms with Crippen LogP contribution in [-0.4, -0.2) is 19.7 Å². The summed E-state index contributed by atoms with van der Waals surface area (Å²) in [6.07, 6.45) is 1.01. The molecule has 0 aliphatic carbocycles. The number of hydrogen-bond donors (Lipinski definition) is 1. The van der Waals surface area contributed by atoms with Crippen LogP contribution in [0.3, 0.4) is 0 Å². The smallest absolute Gasteiger partial charge is 0.122 e. The molecule has 0 radical (unpaired) electrons. The number of hydrogen-bond acceptors (Lipinski definition) is 3. The van der Waals surface area contributed by atoms with Crippen molar-refractivity contribution in [2.45, 2.75) is 45.6 Å². The van der Waals surface area contributed by atoms with E-state index in [1.54, 1.807) is 7.11 Å². The monoisotopic (exact) mass is 260 g/mol. The number of nitriles is 1. The molecule has 1 unspecified atom stereocenters. The van der Waals surface area contributed by atoms with Crippen LogP contribution in [0, 0.1) is 11.3 Å². The van der Waals surface area contributed by atoms with E-state index >= 15 is 0 Å². The minimum atomic E-state index is -0.139.